The van der Waals surface area contributed by atoms with Crippen LogP contribution >= 0.6 is 11.3 Å². The Labute approximate surface area is 155 Å². The first-order valence-electron chi connectivity index (χ1n) is 8.83. The van der Waals surface area contributed by atoms with Gasteiger partial charge in [-0.25, -0.2) is 0 Å². The molecule has 1 aliphatic heterocycles. The van der Waals surface area contributed by atoms with Crippen LogP contribution in [0.25, 0.3) is 0 Å². The predicted octanol–water partition coefficient (Wildman–Crippen LogP) is 2.58. The van der Waals surface area contributed by atoms with Crippen molar-refractivity contribution >= 4 is 28.8 Å². The van der Waals surface area contributed by atoms with Crippen LogP contribution in [0.5, 0.6) is 0 Å². The highest BCUT2D eigenvalue weighted by atomic mass is 32.1. The summed E-state index contributed by atoms with van der Waals surface area (Å²) >= 11 is 1.34. The molecule has 0 radical (unpaired) electrons. The van der Waals surface area contributed by atoms with Crippen molar-refractivity contribution in [2.24, 2.45) is 0 Å². The Bertz CT molecular complexity index is 812. The molecular weight excluding hydrogens is 352 g/mol. The molecular formula is C18H20N4O3S. The number of anilines is 1. The fourth-order valence-electron chi connectivity index (χ4n) is 2.86. The van der Waals surface area contributed by atoms with Crippen molar-refractivity contribution in [3.8, 4) is 0 Å². The van der Waals surface area contributed by atoms with Crippen LogP contribution in [-0.4, -0.2) is 41.3 Å². The zero-order valence-electron chi connectivity index (χ0n) is 14.2. The molecule has 2 amide bonds. The Morgan fingerprint density at radius 3 is 2.85 bits per heavy atom. The lowest BCUT2D eigenvalue weighted by molar-refractivity contribution is 0.0857. The Morgan fingerprint density at radius 2 is 2.08 bits per heavy atom. The number of nitrogens with zero attached hydrogens (tertiary/aromatic N) is 2. The van der Waals surface area contributed by atoms with Gasteiger partial charge >= 0.3 is 0 Å². The summed E-state index contributed by atoms with van der Waals surface area (Å²) in [5.41, 5.74) is 1.06. The van der Waals surface area contributed by atoms with Crippen LogP contribution in [0.4, 0.5) is 5.69 Å². The van der Waals surface area contributed by atoms with Crippen LogP contribution in [-0.2, 0) is 4.74 Å². The number of nitrogens with one attached hydrogen (secondary N) is 2. The molecule has 26 heavy (non-hydrogen) atoms. The third kappa shape index (κ3) is 4.08. The number of benzene rings is 1. The highest BCUT2D eigenvalue weighted by Gasteiger charge is 2.28. The summed E-state index contributed by atoms with van der Waals surface area (Å²) in [5, 5.41) is 15.0. The summed E-state index contributed by atoms with van der Waals surface area (Å²) < 4.78 is 5.50. The van der Waals surface area contributed by atoms with Gasteiger partial charge in [-0.3, -0.25) is 9.59 Å². The highest BCUT2D eigenvalue weighted by molar-refractivity contribution is 7.13. The van der Waals surface area contributed by atoms with Crippen molar-refractivity contribution in [1.82, 2.24) is 15.5 Å². The maximum Gasteiger partial charge on any atom is 0.286 e. The topological polar surface area (TPSA) is 93.2 Å². The van der Waals surface area contributed by atoms with Gasteiger partial charge in [0.2, 0.25) is 5.01 Å². The molecule has 2 N–H and O–H groups in total. The molecule has 2 heterocycles. The van der Waals surface area contributed by atoms with Gasteiger partial charge in [-0.1, -0.05) is 17.4 Å². The van der Waals surface area contributed by atoms with Crippen LogP contribution in [0.2, 0.25) is 0 Å². The fraction of sp³-hybridized carbons (Fsp3) is 0.444. The average Bonchev–Trinajstić information content (AvgIpc) is 3.16. The van der Waals surface area contributed by atoms with E-state index in [4.69, 9.17) is 4.74 Å². The van der Waals surface area contributed by atoms with Crippen molar-refractivity contribution in [1.29, 1.82) is 0 Å². The third-order valence-corrected chi connectivity index (χ3v) is 5.54. The molecule has 7 nitrogen and oxygen atoms in total. The van der Waals surface area contributed by atoms with E-state index in [9.17, 15) is 9.59 Å². The molecule has 1 aliphatic carbocycles. The molecule has 2 aromatic rings. The van der Waals surface area contributed by atoms with E-state index < -0.39 is 0 Å². The quantitative estimate of drug-likeness (QED) is 0.813. The molecule has 2 aliphatic rings. The van der Waals surface area contributed by atoms with E-state index in [0.717, 1.165) is 37.3 Å². The first kappa shape index (κ1) is 17.1. The standard InChI is InChI=1S/C18H20N4O3S/c23-15(19-10-14-5-2-8-25-14)12-3-1-4-13(9-12)20-16(24)18-22-21-17(26-18)11-6-7-11/h1,3-4,9,11,14H,2,5-8,10H2,(H,19,23)(H,20,24). The molecule has 4 rings (SSSR count). The fourth-order valence-corrected chi connectivity index (χ4v) is 3.77. The lowest BCUT2D eigenvalue weighted by Gasteiger charge is -2.11. The Kier molecular flexibility index (Phi) is 4.94. The van der Waals surface area contributed by atoms with E-state index >= 15 is 0 Å². The maximum absolute atomic E-state index is 12.3. The number of ether oxygens (including phenoxy) is 1. The van der Waals surface area contributed by atoms with Gasteiger partial charge in [0.15, 0.2) is 0 Å². The molecule has 1 atom stereocenters. The Morgan fingerprint density at radius 1 is 1.19 bits per heavy atom. The molecule has 0 bridgehead atoms. The van der Waals surface area contributed by atoms with Crippen LogP contribution in [0.1, 0.15) is 56.8 Å². The van der Waals surface area contributed by atoms with E-state index in [0.29, 0.717) is 28.7 Å². The van der Waals surface area contributed by atoms with Gasteiger partial charge in [-0.15, -0.1) is 10.2 Å². The van der Waals surface area contributed by atoms with Crippen molar-refractivity contribution in [2.75, 3.05) is 18.5 Å². The number of hydrogen-bond donors (Lipinski definition) is 2. The van der Waals surface area contributed by atoms with E-state index in [-0.39, 0.29) is 17.9 Å². The molecule has 0 spiro atoms. The van der Waals surface area contributed by atoms with Crippen molar-refractivity contribution in [2.45, 2.75) is 37.7 Å². The van der Waals surface area contributed by atoms with Gasteiger partial charge in [-0.05, 0) is 43.9 Å². The van der Waals surface area contributed by atoms with E-state index in [2.05, 4.69) is 20.8 Å². The van der Waals surface area contributed by atoms with Crippen molar-refractivity contribution < 1.29 is 14.3 Å². The van der Waals surface area contributed by atoms with Crippen LogP contribution in [0.3, 0.4) is 0 Å². The summed E-state index contributed by atoms with van der Waals surface area (Å²) in [7, 11) is 0. The summed E-state index contributed by atoms with van der Waals surface area (Å²) in [4.78, 5) is 24.6. The largest absolute Gasteiger partial charge is 0.376 e. The number of amides is 2. The van der Waals surface area contributed by atoms with Crippen LogP contribution in [0.15, 0.2) is 24.3 Å². The SMILES string of the molecule is O=C(NCC1CCCO1)c1cccc(NC(=O)c2nnc(C3CC3)s2)c1. The van der Waals surface area contributed by atoms with Crippen molar-refractivity contribution in [3.63, 3.8) is 0 Å². The second kappa shape index (κ2) is 7.51. The minimum atomic E-state index is -0.300. The number of carbonyl (C=O) groups is 2. The second-order valence-corrected chi connectivity index (χ2v) is 7.61. The molecule has 8 heteroatoms. The van der Waals surface area contributed by atoms with Crippen LogP contribution in [0, 0.1) is 0 Å². The zero-order valence-corrected chi connectivity index (χ0v) is 15.1. The number of hydrogen-bond acceptors (Lipinski definition) is 6. The summed E-state index contributed by atoms with van der Waals surface area (Å²) in [6, 6.07) is 6.87. The van der Waals surface area contributed by atoms with E-state index in [1.165, 1.54) is 11.3 Å². The Balaban J connectivity index is 1.36. The van der Waals surface area contributed by atoms with E-state index in [1.54, 1.807) is 24.3 Å². The monoisotopic (exact) mass is 372 g/mol. The summed E-state index contributed by atoms with van der Waals surface area (Å²) in [6.45, 7) is 1.26. The number of rotatable bonds is 6. The Hall–Kier alpha value is -2.32. The number of aromatic nitrogens is 2. The van der Waals surface area contributed by atoms with Crippen molar-refractivity contribution in [3.05, 3.63) is 39.8 Å². The van der Waals surface area contributed by atoms with Gasteiger partial charge in [0.1, 0.15) is 5.01 Å². The smallest absolute Gasteiger partial charge is 0.286 e. The summed E-state index contributed by atoms with van der Waals surface area (Å²) in [6.07, 6.45) is 4.36. The first-order chi connectivity index (χ1) is 12.7. The van der Waals surface area contributed by atoms with Crippen LogP contribution < -0.4 is 10.6 Å². The molecule has 1 aromatic carbocycles. The molecule has 1 unspecified atom stereocenters. The molecule has 1 saturated carbocycles. The third-order valence-electron chi connectivity index (χ3n) is 4.46. The molecule has 2 fully saturated rings. The lowest BCUT2D eigenvalue weighted by Crippen LogP contribution is -2.31. The molecule has 136 valence electrons. The predicted molar refractivity (Wildman–Crippen MR) is 97.6 cm³/mol. The minimum Gasteiger partial charge on any atom is -0.376 e. The lowest BCUT2D eigenvalue weighted by atomic mass is 10.1. The maximum atomic E-state index is 12.3. The molecule has 1 aromatic heterocycles. The minimum absolute atomic E-state index is 0.0971. The first-order valence-corrected chi connectivity index (χ1v) is 9.65. The zero-order chi connectivity index (χ0) is 17.9. The highest BCUT2D eigenvalue weighted by Crippen LogP contribution is 2.41. The van der Waals surface area contributed by atoms with Gasteiger partial charge in [0.25, 0.3) is 11.8 Å². The van der Waals surface area contributed by atoms with E-state index in [1.807, 2.05) is 0 Å². The molecule has 1 saturated heterocycles. The normalized spacial score (nSPS) is 19.3. The van der Waals surface area contributed by atoms with Gasteiger partial charge in [-0.2, -0.15) is 0 Å². The van der Waals surface area contributed by atoms with Gasteiger partial charge < -0.3 is 15.4 Å². The van der Waals surface area contributed by atoms with Gasteiger partial charge in [0, 0.05) is 30.3 Å². The number of carbonyl (C=O) groups excluding carboxylic acids is 2. The summed E-state index contributed by atoms with van der Waals surface area (Å²) in [5.74, 6) is -0.000214. The average molecular weight is 372 g/mol. The van der Waals surface area contributed by atoms with Gasteiger partial charge in [0.05, 0.1) is 6.10 Å². The second-order valence-electron chi connectivity index (χ2n) is 6.60.